The summed E-state index contributed by atoms with van der Waals surface area (Å²) in [5, 5.41) is 8.25. The van der Waals surface area contributed by atoms with Crippen molar-refractivity contribution < 1.29 is 4.43 Å². The van der Waals surface area contributed by atoms with Gasteiger partial charge < -0.3 is 4.43 Å². The van der Waals surface area contributed by atoms with Crippen LogP contribution in [0.1, 0.15) is 12.8 Å². The van der Waals surface area contributed by atoms with E-state index in [1.54, 1.807) is 6.08 Å². The third-order valence-corrected chi connectivity index (χ3v) is 1.75. The van der Waals surface area contributed by atoms with Crippen molar-refractivity contribution in [1.29, 1.82) is 5.26 Å². The molecule has 0 bridgehead atoms. The van der Waals surface area contributed by atoms with Gasteiger partial charge in [-0.15, -0.1) is 6.58 Å². The van der Waals surface area contributed by atoms with Crippen molar-refractivity contribution in [2.24, 2.45) is 0 Å². The van der Waals surface area contributed by atoms with E-state index in [4.69, 9.17) is 9.69 Å². The molecule has 0 amide bonds. The second-order valence-corrected chi connectivity index (χ2v) is 2.22. The molecule has 0 aromatic rings. The van der Waals surface area contributed by atoms with Crippen LogP contribution in [0.15, 0.2) is 12.7 Å². The Kier molecular flexibility index (Phi) is 5.18. The van der Waals surface area contributed by atoms with Crippen LogP contribution in [0.3, 0.4) is 0 Å². The van der Waals surface area contributed by atoms with Crippen LogP contribution < -0.4 is 0 Å². The number of rotatable bonds is 4. The highest BCUT2D eigenvalue weighted by Gasteiger charge is 2.00. The average molecular weight is 141 g/mol. The monoisotopic (exact) mass is 141 g/mol. The first-order chi connectivity index (χ1) is 4.35. The highest BCUT2D eigenvalue weighted by molar-refractivity contribution is 5.98. The van der Waals surface area contributed by atoms with E-state index in [-0.39, 0.29) is 6.10 Å². The molecule has 0 aliphatic carbocycles. The first-order valence-electron chi connectivity index (χ1n) is 2.85. The molecule has 0 rings (SSSR count). The summed E-state index contributed by atoms with van der Waals surface area (Å²) >= 11 is 0. The van der Waals surface area contributed by atoms with Gasteiger partial charge in [0, 0.05) is 0 Å². The Bertz CT molecular complexity index is 119. The predicted octanol–water partition coefficient (Wildman–Crippen LogP) is 0.142. The molecule has 0 aromatic heterocycles. The molecule has 0 saturated carbocycles. The molecule has 9 heavy (non-hydrogen) atoms. The van der Waals surface area contributed by atoms with Gasteiger partial charge in [-0.1, -0.05) is 6.08 Å². The maximum Gasteiger partial charge on any atom is 0.146 e. The van der Waals surface area contributed by atoms with Crippen molar-refractivity contribution in [3.05, 3.63) is 12.7 Å². The summed E-state index contributed by atoms with van der Waals surface area (Å²) in [6, 6.07) is 2.05. The minimum Gasteiger partial charge on any atom is -0.424 e. The molecule has 50 valence electrons. The number of hydrogen-bond acceptors (Lipinski definition) is 2. The van der Waals surface area contributed by atoms with Crippen LogP contribution in [0.2, 0.25) is 0 Å². The van der Waals surface area contributed by atoms with Gasteiger partial charge in [-0.2, -0.15) is 5.26 Å². The van der Waals surface area contributed by atoms with Gasteiger partial charge in [-0.25, -0.2) is 0 Å². The quantitative estimate of drug-likeness (QED) is 0.412. The fraction of sp³-hybridized carbons (Fsp3) is 0.500. The molecule has 1 atom stereocenters. The summed E-state index contributed by atoms with van der Waals surface area (Å²) in [6.07, 6.45) is 3.14. The molecule has 0 aliphatic heterocycles. The van der Waals surface area contributed by atoms with E-state index in [9.17, 15) is 0 Å². The Hall–Kier alpha value is -0.593. The van der Waals surface area contributed by atoms with Crippen molar-refractivity contribution in [3.63, 3.8) is 0 Å². The number of hydrogen-bond donors (Lipinski definition) is 0. The lowest BCUT2D eigenvalue weighted by atomic mass is 10.2. The van der Waals surface area contributed by atoms with Crippen LogP contribution in [0.25, 0.3) is 0 Å². The summed E-state index contributed by atoms with van der Waals surface area (Å²) in [7, 11) is 0.702. The number of nitriles is 1. The van der Waals surface area contributed by atoms with Crippen molar-refractivity contribution in [3.8, 4) is 6.07 Å². The minimum absolute atomic E-state index is 0.0965. The SMILES string of the molecule is C=CCC(CC#N)O[SiH3]. The first kappa shape index (κ1) is 8.41. The summed E-state index contributed by atoms with van der Waals surface area (Å²) in [6.45, 7) is 3.56. The van der Waals surface area contributed by atoms with E-state index < -0.39 is 0 Å². The van der Waals surface area contributed by atoms with Crippen LogP contribution >= 0.6 is 0 Å². The lowest BCUT2D eigenvalue weighted by Crippen LogP contribution is -2.08. The summed E-state index contributed by atoms with van der Waals surface area (Å²) in [5.41, 5.74) is 0. The third kappa shape index (κ3) is 3.95. The van der Waals surface area contributed by atoms with Gasteiger partial charge in [0.05, 0.1) is 18.6 Å². The molecule has 0 radical (unpaired) electrons. The molecule has 2 nitrogen and oxygen atoms in total. The Morgan fingerprint density at radius 1 is 1.89 bits per heavy atom. The minimum atomic E-state index is 0.0965. The zero-order chi connectivity index (χ0) is 7.11. The van der Waals surface area contributed by atoms with Crippen LogP contribution in [0.4, 0.5) is 0 Å². The van der Waals surface area contributed by atoms with Crippen LogP contribution in [-0.4, -0.2) is 16.6 Å². The van der Waals surface area contributed by atoms with E-state index in [0.717, 1.165) is 6.42 Å². The van der Waals surface area contributed by atoms with Gasteiger partial charge in [0.15, 0.2) is 0 Å². The summed E-state index contributed by atoms with van der Waals surface area (Å²) in [4.78, 5) is 0. The first-order valence-corrected chi connectivity index (χ1v) is 3.67. The lowest BCUT2D eigenvalue weighted by Gasteiger charge is -2.07. The molecule has 0 fully saturated rings. The standard InChI is InChI=1S/C6H11NOSi/c1-2-3-6(8-9)4-5-7/h2,6H,1,3-4H2,9H3. The van der Waals surface area contributed by atoms with Crippen molar-refractivity contribution >= 4 is 10.5 Å². The van der Waals surface area contributed by atoms with E-state index in [0.29, 0.717) is 16.9 Å². The largest absolute Gasteiger partial charge is 0.424 e. The van der Waals surface area contributed by atoms with E-state index in [2.05, 4.69) is 12.6 Å². The van der Waals surface area contributed by atoms with E-state index in [1.165, 1.54) is 0 Å². The molecule has 0 heterocycles. The molecular weight excluding hydrogens is 130 g/mol. The normalized spacial score (nSPS) is 12.3. The highest BCUT2D eigenvalue weighted by Crippen LogP contribution is 2.00. The number of nitrogens with zero attached hydrogens (tertiary/aromatic N) is 1. The average Bonchev–Trinajstić information content (AvgIpc) is 1.88. The molecule has 0 spiro atoms. The Morgan fingerprint density at radius 2 is 2.56 bits per heavy atom. The van der Waals surface area contributed by atoms with Crippen LogP contribution in [0.5, 0.6) is 0 Å². The van der Waals surface area contributed by atoms with Crippen molar-refractivity contribution in [2.75, 3.05) is 0 Å². The molecule has 0 aromatic carbocycles. The zero-order valence-corrected chi connectivity index (χ0v) is 7.63. The van der Waals surface area contributed by atoms with Crippen LogP contribution in [-0.2, 0) is 4.43 Å². The second-order valence-electron chi connectivity index (χ2n) is 1.74. The predicted molar refractivity (Wildman–Crippen MR) is 39.9 cm³/mol. The van der Waals surface area contributed by atoms with Gasteiger partial charge >= 0.3 is 0 Å². The van der Waals surface area contributed by atoms with Crippen molar-refractivity contribution in [1.82, 2.24) is 0 Å². The smallest absolute Gasteiger partial charge is 0.146 e. The molecule has 0 saturated heterocycles. The Labute approximate surface area is 58.7 Å². The topological polar surface area (TPSA) is 33.0 Å². The van der Waals surface area contributed by atoms with Gasteiger partial charge in [0.1, 0.15) is 10.5 Å². The maximum absolute atomic E-state index is 8.25. The second kappa shape index (κ2) is 5.54. The van der Waals surface area contributed by atoms with E-state index >= 15 is 0 Å². The lowest BCUT2D eigenvalue weighted by molar-refractivity contribution is 0.231. The third-order valence-electron chi connectivity index (χ3n) is 1.08. The van der Waals surface area contributed by atoms with Gasteiger partial charge in [0.25, 0.3) is 0 Å². The summed E-state index contributed by atoms with van der Waals surface area (Å²) < 4.78 is 5.08. The van der Waals surface area contributed by atoms with Gasteiger partial charge in [0.2, 0.25) is 0 Å². The molecular formula is C6H11NOSi. The fourth-order valence-corrected chi connectivity index (χ4v) is 0.910. The van der Waals surface area contributed by atoms with Crippen molar-refractivity contribution in [2.45, 2.75) is 18.9 Å². The van der Waals surface area contributed by atoms with Gasteiger partial charge in [-0.05, 0) is 6.42 Å². The molecule has 3 heteroatoms. The maximum atomic E-state index is 8.25. The highest BCUT2D eigenvalue weighted by atomic mass is 28.2. The molecule has 0 N–H and O–H groups in total. The molecule has 0 aliphatic rings. The summed E-state index contributed by atoms with van der Waals surface area (Å²) in [5.74, 6) is 0. The van der Waals surface area contributed by atoms with E-state index in [1.807, 2.05) is 0 Å². The Morgan fingerprint density at radius 3 is 2.89 bits per heavy atom. The molecule has 1 unspecified atom stereocenters. The Balaban J connectivity index is 3.43. The zero-order valence-electron chi connectivity index (χ0n) is 5.63. The fourth-order valence-electron chi connectivity index (χ4n) is 0.551. The van der Waals surface area contributed by atoms with Crippen LogP contribution in [0, 0.1) is 11.3 Å². The van der Waals surface area contributed by atoms with Gasteiger partial charge in [-0.3, -0.25) is 0 Å².